The molecule has 0 spiro atoms. The summed E-state index contributed by atoms with van der Waals surface area (Å²) in [4.78, 5) is 12.4. The van der Waals surface area contributed by atoms with Crippen LogP contribution in [0.15, 0.2) is 59.5 Å². The lowest BCUT2D eigenvalue weighted by Gasteiger charge is -2.15. The van der Waals surface area contributed by atoms with Gasteiger partial charge in [-0.05, 0) is 62.1 Å². The number of para-hydroxylation sites is 1. The van der Waals surface area contributed by atoms with E-state index in [2.05, 4.69) is 23.9 Å². The molecule has 2 rings (SSSR count). The minimum atomic E-state index is -3.68. The quantitative estimate of drug-likeness (QED) is 0.732. The summed E-state index contributed by atoms with van der Waals surface area (Å²) >= 11 is 0. The monoisotopic (exact) mass is 374 g/mol. The number of amides is 1. The SMILES string of the molecule is CC(C)CCC(C)NC(=O)c1ccc(S(=O)(=O)Nc2ccccc2)cc1. The summed E-state index contributed by atoms with van der Waals surface area (Å²) in [6, 6.07) is 14.7. The number of hydrogen-bond acceptors (Lipinski definition) is 3. The van der Waals surface area contributed by atoms with Crippen molar-refractivity contribution in [1.82, 2.24) is 5.32 Å². The minimum Gasteiger partial charge on any atom is -0.350 e. The predicted octanol–water partition coefficient (Wildman–Crippen LogP) is 4.04. The van der Waals surface area contributed by atoms with Crippen LogP contribution in [0.3, 0.4) is 0 Å². The van der Waals surface area contributed by atoms with Gasteiger partial charge in [-0.25, -0.2) is 8.42 Å². The van der Waals surface area contributed by atoms with E-state index >= 15 is 0 Å². The summed E-state index contributed by atoms with van der Waals surface area (Å²) in [5.74, 6) is 0.400. The van der Waals surface area contributed by atoms with E-state index in [1.54, 1.807) is 24.3 Å². The zero-order chi connectivity index (χ0) is 19.2. The molecule has 0 fully saturated rings. The van der Waals surface area contributed by atoms with Crippen molar-refractivity contribution < 1.29 is 13.2 Å². The van der Waals surface area contributed by atoms with Crippen LogP contribution < -0.4 is 10.0 Å². The third-order valence-corrected chi connectivity index (χ3v) is 5.40. The Labute approximate surface area is 155 Å². The smallest absolute Gasteiger partial charge is 0.261 e. The molecular weight excluding hydrogens is 348 g/mol. The van der Waals surface area contributed by atoms with Crippen molar-refractivity contribution in [2.24, 2.45) is 5.92 Å². The van der Waals surface area contributed by atoms with Crippen LogP contribution in [0.25, 0.3) is 0 Å². The molecule has 0 aliphatic carbocycles. The van der Waals surface area contributed by atoms with Gasteiger partial charge in [0.05, 0.1) is 4.90 Å². The number of hydrogen-bond donors (Lipinski definition) is 2. The van der Waals surface area contributed by atoms with E-state index in [1.807, 2.05) is 13.0 Å². The van der Waals surface area contributed by atoms with Crippen molar-refractivity contribution >= 4 is 21.6 Å². The average Bonchev–Trinajstić information content (AvgIpc) is 2.60. The van der Waals surface area contributed by atoms with E-state index in [1.165, 1.54) is 24.3 Å². The molecule has 1 unspecified atom stereocenters. The lowest BCUT2D eigenvalue weighted by Crippen LogP contribution is -2.32. The Hall–Kier alpha value is -2.34. The zero-order valence-electron chi connectivity index (χ0n) is 15.4. The third-order valence-electron chi connectivity index (χ3n) is 4.01. The molecule has 0 heterocycles. The van der Waals surface area contributed by atoms with Crippen molar-refractivity contribution in [2.45, 2.75) is 44.6 Å². The molecule has 2 aromatic carbocycles. The van der Waals surface area contributed by atoms with Crippen molar-refractivity contribution in [3.63, 3.8) is 0 Å². The summed E-state index contributed by atoms with van der Waals surface area (Å²) < 4.78 is 27.3. The van der Waals surface area contributed by atoms with Crippen molar-refractivity contribution in [3.05, 3.63) is 60.2 Å². The van der Waals surface area contributed by atoms with Gasteiger partial charge in [0.1, 0.15) is 0 Å². The molecule has 2 N–H and O–H groups in total. The fourth-order valence-corrected chi connectivity index (χ4v) is 3.53. The van der Waals surface area contributed by atoms with E-state index in [-0.39, 0.29) is 16.8 Å². The van der Waals surface area contributed by atoms with E-state index in [4.69, 9.17) is 0 Å². The largest absolute Gasteiger partial charge is 0.350 e. The molecule has 5 nitrogen and oxygen atoms in total. The number of nitrogens with one attached hydrogen (secondary N) is 2. The maximum Gasteiger partial charge on any atom is 0.261 e. The molecular formula is C20H26N2O3S. The van der Waals surface area contributed by atoms with Gasteiger partial charge in [-0.1, -0.05) is 32.0 Å². The second-order valence-corrected chi connectivity index (χ2v) is 8.52. The molecule has 0 aliphatic rings. The number of anilines is 1. The highest BCUT2D eigenvalue weighted by Crippen LogP contribution is 2.16. The summed E-state index contributed by atoms with van der Waals surface area (Å²) in [6.45, 7) is 6.28. The van der Waals surface area contributed by atoms with Crippen LogP contribution in [0.2, 0.25) is 0 Å². The number of rotatable bonds is 8. The number of benzene rings is 2. The molecule has 0 aromatic heterocycles. The molecule has 1 atom stereocenters. The third kappa shape index (κ3) is 5.88. The molecule has 0 bridgehead atoms. The molecule has 0 saturated carbocycles. The van der Waals surface area contributed by atoms with Crippen LogP contribution in [0.5, 0.6) is 0 Å². The lowest BCUT2D eigenvalue weighted by molar-refractivity contribution is 0.0937. The molecule has 0 radical (unpaired) electrons. The Morgan fingerprint density at radius 2 is 1.54 bits per heavy atom. The molecule has 26 heavy (non-hydrogen) atoms. The van der Waals surface area contributed by atoms with Crippen molar-refractivity contribution in [2.75, 3.05) is 4.72 Å². The normalized spacial score (nSPS) is 12.6. The number of carbonyl (C=O) groups excluding carboxylic acids is 1. The van der Waals surface area contributed by atoms with Crippen LogP contribution in [0.1, 0.15) is 44.0 Å². The van der Waals surface area contributed by atoms with Crippen LogP contribution >= 0.6 is 0 Å². The van der Waals surface area contributed by atoms with Crippen LogP contribution in [-0.4, -0.2) is 20.4 Å². The molecule has 140 valence electrons. The molecule has 2 aromatic rings. The summed E-state index contributed by atoms with van der Waals surface area (Å²) in [7, 11) is -3.68. The van der Waals surface area contributed by atoms with Crippen molar-refractivity contribution in [3.8, 4) is 0 Å². The first-order valence-corrected chi connectivity index (χ1v) is 10.2. The fourth-order valence-electron chi connectivity index (χ4n) is 2.47. The van der Waals surface area contributed by atoms with Gasteiger partial charge >= 0.3 is 0 Å². The van der Waals surface area contributed by atoms with Gasteiger partial charge in [0, 0.05) is 17.3 Å². The van der Waals surface area contributed by atoms with E-state index in [0.717, 1.165) is 12.8 Å². The highest BCUT2D eigenvalue weighted by atomic mass is 32.2. The van der Waals surface area contributed by atoms with Crippen LogP contribution in [0, 0.1) is 5.92 Å². The minimum absolute atomic E-state index is 0.0769. The summed E-state index contributed by atoms with van der Waals surface area (Å²) in [5, 5.41) is 2.95. The Balaban J connectivity index is 2.02. The maximum absolute atomic E-state index is 12.4. The first kappa shape index (κ1) is 20.0. The molecule has 0 aliphatic heterocycles. The zero-order valence-corrected chi connectivity index (χ0v) is 16.2. The average molecular weight is 375 g/mol. The fraction of sp³-hybridized carbons (Fsp3) is 0.350. The molecule has 0 saturated heterocycles. The first-order valence-electron chi connectivity index (χ1n) is 8.76. The van der Waals surface area contributed by atoms with E-state index < -0.39 is 10.0 Å². The Morgan fingerprint density at radius 3 is 2.12 bits per heavy atom. The molecule has 6 heteroatoms. The second kappa shape index (κ2) is 8.85. The van der Waals surface area contributed by atoms with Crippen LogP contribution in [-0.2, 0) is 10.0 Å². The van der Waals surface area contributed by atoms with E-state index in [9.17, 15) is 13.2 Å². The Kier molecular flexibility index (Phi) is 6.80. The van der Waals surface area contributed by atoms with Gasteiger partial charge in [0.25, 0.3) is 15.9 Å². The molecule has 1 amide bonds. The van der Waals surface area contributed by atoms with Gasteiger partial charge in [-0.2, -0.15) is 0 Å². The highest BCUT2D eigenvalue weighted by Gasteiger charge is 2.16. The Bertz CT molecular complexity index is 816. The summed E-state index contributed by atoms with van der Waals surface area (Å²) in [6.07, 6.45) is 1.96. The van der Waals surface area contributed by atoms with Gasteiger partial charge < -0.3 is 5.32 Å². The predicted molar refractivity (Wildman–Crippen MR) is 105 cm³/mol. The van der Waals surface area contributed by atoms with Gasteiger partial charge in [-0.3, -0.25) is 9.52 Å². The summed E-state index contributed by atoms with van der Waals surface area (Å²) in [5.41, 5.74) is 0.938. The van der Waals surface area contributed by atoms with Gasteiger partial charge in [-0.15, -0.1) is 0 Å². The van der Waals surface area contributed by atoms with Crippen molar-refractivity contribution in [1.29, 1.82) is 0 Å². The van der Waals surface area contributed by atoms with Gasteiger partial charge in [0.2, 0.25) is 0 Å². The van der Waals surface area contributed by atoms with E-state index in [0.29, 0.717) is 17.2 Å². The first-order chi connectivity index (χ1) is 12.3. The van der Waals surface area contributed by atoms with Gasteiger partial charge in [0.15, 0.2) is 0 Å². The number of sulfonamides is 1. The maximum atomic E-state index is 12.4. The number of carbonyl (C=O) groups is 1. The lowest BCUT2D eigenvalue weighted by atomic mass is 10.0. The Morgan fingerprint density at radius 1 is 0.923 bits per heavy atom. The second-order valence-electron chi connectivity index (χ2n) is 6.84. The standard InChI is InChI=1S/C20H26N2O3S/c1-15(2)9-10-16(3)21-20(23)17-11-13-19(14-12-17)26(24,25)22-18-7-5-4-6-8-18/h4-8,11-16,22H,9-10H2,1-3H3,(H,21,23). The highest BCUT2D eigenvalue weighted by molar-refractivity contribution is 7.92. The van der Waals surface area contributed by atoms with Crippen LogP contribution in [0.4, 0.5) is 5.69 Å². The topological polar surface area (TPSA) is 75.3 Å².